The molecule has 3 N–H and O–H groups in total. The van der Waals surface area contributed by atoms with E-state index in [1.165, 1.54) is 17.4 Å². The second-order valence-electron chi connectivity index (χ2n) is 4.02. The van der Waals surface area contributed by atoms with Crippen molar-refractivity contribution in [2.75, 3.05) is 0 Å². The lowest BCUT2D eigenvalue weighted by Crippen LogP contribution is -2.42. The molecule has 0 spiro atoms. The number of nitrogens with zero attached hydrogens (tertiary/aromatic N) is 1. The summed E-state index contributed by atoms with van der Waals surface area (Å²) in [6.07, 6.45) is -0.725. The summed E-state index contributed by atoms with van der Waals surface area (Å²) in [6.45, 7) is 0. The van der Waals surface area contributed by atoms with Gasteiger partial charge in [0.05, 0.1) is 11.3 Å². The van der Waals surface area contributed by atoms with Crippen LogP contribution < -0.4 is 5.32 Å². The molecule has 1 atom stereocenters. The molecule has 8 nitrogen and oxygen atoms in total. The molecule has 0 fully saturated rings. The zero-order valence-electron chi connectivity index (χ0n) is 10.5. The maximum atomic E-state index is 11.8. The van der Waals surface area contributed by atoms with Crippen molar-refractivity contribution in [1.82, 2.24) is 10.5 Å². The van der Waals surface area contributed by atoms with Crippen LogP contribution in [-0.2, 0) is 9.59 Å². The SMILES string of the molecule is O=C(O)C[C@H](NC(=O)c1cc(-c2cccs2)on1)C(=O)O. The topological polar surface area (TPSA) is 130 Å². The van der Waals surface area contributed by atoms with Gasteiger partial charge < -0.3 is 20.1 Å². The Bertz CT molecular complexity index is 663. The fraction of sp³-hybridized carbons (Fsp3) is 0.167. The quantitative estimate of drug-likeness (QED) is 0.727. The Morgan fingerprint density at radius 3 is 2.71 bits per heavy atom. The van der Waals surface area contributed by atoms with Crippen LogP contribution in [0.25, 0.3) is 10.6 Å². The molecule has 0 aromatic carbocycles. The second kappa shape index (κ2) is 6.18. The Balaban J connectivity index is 2.09. The largest absolute Gasteiger partial charge is 0.481 e. The van der Waals surface area contributed by atoms with Gasteiger partial charge in [0.25, 0.3) is 5.91 Å². The number of hydrogen-bond donors (Lipinski definition) is 3. The number of carbonyl (C=O) groups excluding carboxylic acids is 1. The van der Waals surface area contributed by atoms with Crippen LogP contribution in [0.4, 0.5) is 0 Å². The van der Waals surface area contributed by atoms with Crippen LogP contribution in [0, 0.1) is 0 Å². The molecule has 0 bridgehead atoms. The highest BCUT2D eigenvalue weighted by molar-refractivity contribution is 7.13. The lowest BCUT2D eigenvalue weighted by molar-refractivity contribution is -0.145. The highest BCUT2D eigenvalue weighted by Crippen LogP contribution is 2.25. The number of thiophene rings is 1. The van der Waals surface area contributed by atoms with Gasteiger partial charge >= 0.3 is 11.9 Å². The molecule has 0 saturated heterocycles. The van der Waals surface area contributed by atoms with Crippen LogP contribution in [0.5, 0.6) is 0 Å². The Labute approximate surface area is 122 Å². The summed E-state index contributed by atoms with van der Waals surface area (Å²) in [6, 6.07) is 3.41. The highest BCUT2D eigenvalue weighted by Gasteiger charge is 2.25. The number of amides is 1. The molecule has 2 rings (SSSR count). The van der Waals surface area contributed by atoms with Gasteiger partial charge in [-0.2, -0.15) is 0 Å². The molecule has 0 aliphatic heterocycles. The van der Waals surface area contributed by atoms with E-state index in [0.29, 0.717) is 5.76 Å². The smallest absolute Gasteiger partial charge is 0.326 e. The summed E-state index contributed by atoms with van der Waals surface area (Å²) in [4.78, 5) is 34.0. The lowest BCUT2D eigenvalue weighted by Gasteiger charge is -2.10. The van der Waals surface area contributed by atoms with Crippen molar-refractivity contribution in [3.8, 4) is 10.6 Å². The summed E-state index contributed by atoms with van der Waals surface area (Å²) in [5, 5.41) is 24.9. The minimum atomic E-state index is -1.53. The first-order valence-corrected chi connectivity index (χ1v) is 6.61. The van der Waals surface area contributed by atoms with Gasteiger partial charge in [-0.25, -0.2) is 4.79 Å². The summed E-state index contributed by atoms with van der Waals surface area (Å²) in [7, 11) is 0. The predicted octanol–water partition coefficient (Wildman–Crippen LogP) is 1.06. The third-order valence-electron chi connectivity index (χ3n) is 2.49. The van der Waals surface area contributed by atoms with Crippen molar-refractivity contribution < 1.29 is 29.1 Å². The van der Waals surface area contributed by atoms with Crippen molar-refractivity contribution in [1.29, 1.82) is 0 Å². The van der Waals surface area contributed by atoms with Crippen LogP contribution in [0.2, 0.25) is 0 Å². The monoisotopic (exact) mass is 310 g/mol. The predicted molar refractivity (Wildman–Crippen MR) is 71.0 cm³/mol. The van der Waals surface area contributed by atoms with E-state index in [1.54, 1.807) is 12.1 Å². The average Bonchev–Trinajstić information content (AvgIpc) is 3.08. The van der Waals surface area contributed by atoms with Gasteiger partial charge in [0.15, 0.2) is 11.5 Å². The van der Waals surface area contributed by atoms with E-state index in [4.69, 9.17) is 14.7 Å². The van der Waals surface area contributed by atoms with E-state index in [1.807, 2.05) is 5.38 Å². The number of aliphatic carboxylic acids is 2. The molecule has 0 aliphatic rings. The Hall–Kier alpha value is -2.68. The Morgan fingerprint density at radius 2 is 2.14 bits per heavy atom. The molecule has 2 heterocycles. The van der Waals surface area contributed by atoms with Crippen LogP contribution in [0.1, 0.15) is 16.9 Å². The number of carboxylic acid groups (broad SMARTS) is 2. The summed E-state index contributed by atoms with van der Waals surface area (Å²) >= 11 is 1.39. The molecular formula is C12H10N2O6S. The Morgan fingerprint density at radius 1 is 1.38 bits per heavy atom. The van der Waals surface area contributed by atoms with Gasteiger partial charge in [-0.05, 0) is 11.4 Å². The van der Waals surface area contributed by atoms with Gasteiger partial charge in [0.1, 0.15) is 6.04 Å². The normalized spacial score (nSPS) is 11.8. The van der Waals surface area contributed by atoms with Crippen molar-refractivity contribution in [2.24, 2.45) is 0 Å². The summed E-state index contributed by atoms with van der Waals surface area (Å²) in [5.41, 5.74) is -0.116. The van der Waals surface area contributed by atoms with Crippen LogP contribution in [0.15, 0.2) is 28.1 Å². The van der Waals surface area contributed by atoms with E-state index >= 15 is 0 Å². The third kappa shape index (κ3) is 3.66. The van der Waals surface area contributed by atoms with Crippen LogP contribution >= 0.6 is 11.3 Å². The number of nitrogens with one attached hydrogen (secondary N) is 1. The standard InChI is InChI=1S/C12H10N2O6S/c15-10(16)5-7(12(18)19)13-11(17)6-4-8(20-14-6)9-2-1-3-21-9/h1-4,7H,5H2,(H,13,17)(H,15,16)(H,18,19)/t7-/m0/s1. The number of carbonyl (C=O) groups is 3. The first kappa shape index (κ1) is 14.7. The highest BCUT2D eigenvalue weighted by atomic mass is 32.1. The molecular weight excluding hydrogens is 300 g/mol. The molecule has 0 radical (unpaired) electrons. The second-order valence-corrected chi connectivity index (χ2v) is 4.96. The minimum absolute atomic E-state index is 0.116. The maximum absolute atomic E-state index is 11.8. The fourth-order valence-corrected chi connectivity index (χ4v) is 2.20. The van der Waals surface area contributed by atoms with E-state index < -0.39 is 30.3 Å². The first-order valence-electron chi connectivity index (χ1n) is 5.73. The lowest BCUT2D eigenvalue weighted by atomic mass is 10.2. The third-order valence-corrected chi connectivity index (χ3v) is 3.37. The van der Waals surface area contributed by atoms with E-state index in [-0.39, 0.29) is 5.69 Å². The fourth-order valence-electron chi connectivity index (χ4n) is 1.52. The minimum Gasteiger partial charge on any atom is -0.481 e. The zero-order chi connectivity index (χ0) is 15.4. The number of carboxylic acids is 2. The van der Waals surface area contributed by atoms with Gasteiger partial charge in [-0.1, -0.05) is 11.2 Å². The molecule has 0 aliphatic carbocycles. The molecule has 9 heteroatoms. The molecule has 110 valence electrons. The van der Waals surface area contributed by atoms with E-state index in [9.17, 15) is 14.4 Å². The van der Waals surface area contributed by atoms with Crippen molar-refractivity contribution in [3.05, 3.63) is 29.3 Å². The number of aromatic nitrogens is 1. The summed E-state index contributed by atoms with van der Waals surface area (Å²) in [5.74, 6) is -3.20. The number of rotatable bonds is 6. The average molecular weight is 310 g/mol. The van der Waals surface area contributed by atoms with E-state index in [0.717, 1.165) is 4.88 Å². The van der Waals surface area contributed by atoms with Crippen LogP contribution in [0.3, 0.4) is 0 Å². The van der Waals surface area contributed by atoms with Gasteiger partial charge in [0.2, 0.25) is 0 Å². The molecule has 2 aromatic heterocycles. The van der Waals surface area contributed by atoms with E-state index in [2.05, 4.69) is 10.5 Å². The zero-order valence-corrected chi connectivity index (χ0v) is 11.3. The summed E-state index contributed by atoms with van der Waals surface area (Å²) < 4.78 is 4.99. The molecule has 1 amide bonds. The van der Waals surface area contributed by atoms with Crippen molar-refractivity contribution in [3.63, 3.8) is 0 Å². The van der Waals surface area contributed by atoms with Crippen molar-refractivity contribution >= 4 is 29.2 Å². The molecule has 2 aromatic rings. The molecule has 0 unspecified atom stereocenters. The van der Waals surface area contributed by atoms with Gasteiger partial charge in [-0.15, -0.1) is 11.3 Å². The maximum Gasteiger partial charge on any atom is 0.326 e. The van der Waals surface area contributed by atoms with Crippen molar-refractivity contribution in [2.45, 2.75) is 12.5 Å². The Kier molecular flexibility index (Phi) is 4.33. The van der Waals surface area contributed by atoms with Crippen LogP contribution in [-0.4, -0.2) is 39.3 Å². The molecule has 0 saturated carbocycles. The van der Waals surface area contributed by atoms with Gasteiger partial charge in [-0.3, -0.25) is 9.59 Å². The number of hydrogen-bond acceptors (Lipinski definition) is 6. The first-order chi connectivity index (χ1) is 9.97. The molecule has 21 heavy (non-hydrogen) atoms. The van der Waals surface area contributed by atoms with Gasteiger partial charge in [0, 0.05) is 6.07 Å².